The fourth-order valence-electron chi connectivity index (χ4n) is 3.27. The van der Waals surface area contributed by atoms with Crippen molar-refractivity contribution in [2.24, 2.45) is 5.92 Å². The Balaban J connectivity index is 1.96. The van der Waals surface area contributed by atoms with Crippen LogP contribution in [0.4, 0.5) is 13.2 Å². The minimum absolute atomic E-state index is 0.0901. The van der Waals surface area contributed by atoms with Gasteiger partial charge >= 0.3 is 12.1 Å². The number of carboxylic acid groups (broad SMARTS) is 1. The Kier molecular flexibility index (Phi) is 5.91. The Hall–Kier alpha value is -2.12. The first kappa shape index (κ1) is 22.6. The summed E-state index contributed by atoms with van der Waals surface area (Å²) in [4.78, 5) is 11.3. The van der Waals surface area contributed by atoms with E-state index in [9.17, 15) is 23.1 Å². The van der Waals surface area contributed by atoms with Gasteiger partial charge in [-0.15, -0.1) is 0 Å². The van der Waals surface area contributed by atoms with E-state index in [4.69, 9.17) is 32.7 Å². The summed E-state index contributed by atoms with van der Waals surface area (Å²) in [6.07, 6.45) is -7.65. The van der Waals surface area contributed by atoms with E-state index in [1.165, 1.54) is 12.1 Å². The topological polar surface area (TPSA) is 55.8 Å². The number of hydrogen-bond acceptors (Lipinski definition) is 3. The highest BCUT2D eigenvalue weighted by Gasteiger charge is 2.52. The number of carbonyl (C=O) groups is 1. The van der Waals surface area contributed by atoms with E-state index in [1.54, 1.807) is 18.2 Å². The van der Waals surface area contributed by atoms with Gasteiger partial charge in [0.25, 0.3) is 0 Å². The van der Waals surface area contributed by atoms with Crippen molar-refractivity contribution < 1.29 is 32.5 Å². The van der Waals surface area contributed by atoms with E-state index in [0.717, 1.165) is 5.56 Å². The van der Waals surface area contributed by atoms with Crippen LogP contribution >= 0.6 is 23.2 Å². The van der Waals surface area contributed by atoms with E-state index in [1.807, 2.05) is 20.8 Å². The number of aliphatic carboxylic acids is 1. The third-order valence-electron chi connectivity index (χ3n) is 4.79. The van der Waals surface area contributed by atoms with Crippen LogP contribution in [-0.4, -0.2) is 23.4 Å². The lowest BCUT2D eigenvalue weighted by molar-refractivity contribution is -0.217. The molecule has 0 spiro atoms. The summed E-state index contributed by atoms with van der Waals surface area (Å²) < 4.78 is 50.8. The summed E-state index contributed by atoms with van der Waals surface area (Å²) in [7, 11) is 0. The molecule has 0 aliphatic carbocycles. The molecule has 0 bridgehead atoms. The summed E-state index contributed by atoms with van der Waals surface area (Å²) >= 11 is 12.5. The number of rotatable bonds is 3. The van der Waals surface area contributed by atoms with Gasteiger partial charge in [-0.2, -0.15) is 13.2 Å². The van der Waals surface area contributed by atoms with Gasteiger partial charge in [0.1, 0.15) is 23.2 Å². The van der Waals surface area contributed by atoms with Crippen LogP contribution in [0, 0.1) is 5.92 Å². The number of benzene rings is 2. The third kappa shape index (κ3) is 4.62. The van der Waals surface area contributed by atoms with Crippen molar-refractivity contribution in [1.82, 2.24) is 0 Å². The van der Waals surface area contributed by atoms with E-state index in [0.29, 0.717) is 10.8 Å². The van der Waals surface area contributed by atoms with Gasteiger partial charge in [-0.1, -0.05) is 44.0 Å². The second-order valence-electron chi connectivity index (χ2n) is 8.11. The summed E-state index contributed by atoms with van der Waals surface area (Å²) in [5, 5.41) is 9.86. The number of halogens is 5. The fourth-order valence-corrected chi connectivity index (χ4v) is 3.89. The number of ether oxygens (including phenoxy) is 2. The molecule has 2 unspecified atom stereocenters. The zero-order valence-corrected chi connectivity index (χ0v) is 17.8. The quantitative estimate of drug-likeness (QED) is 0.554. The molecule has 0 amide bonds. The Morgan fingerprint density at radius 3 is 2.37 bits per heavy atom. The molecular formula is C21H19Cl2F3O4. The van der Waals surface area contributed by atoms with Crippen molar-refractivity contribution in [2.45, 2.75) is 44.9 Å². The lowest BCUT2D eigenvalue weighted by Gasteiger charge is -2.32. The van der Waals surface area contributed by atoms with Crippen LogP contribution in [-0.2, 0) is 16.6 Å². The predicted octanol–water partition coefficient (Wildman–Crippen LogP) is 6.65. The second-order valence-corrected chi connectivity index (χ2v) is 8.93. The van der Waals surface area contributed by atoms with Crippen molar-refractivity contribution >= 4 is 29.2 Å². The molecule has 1 aliphatic heterocycles. The van der Waals surface area contributed by atoms with Gasteiger partial charge in [-0.25, -0.2) is 0 Å². The molecule has 162 valence electrons. The van der Waals surface area contributed by atoms with Gasteiger partial charge < -0.3 is 14.6 Å². The molecule has 1 N–H and O–H groups in total. The highest BCUT2D eigenvalue weighted by Crippen LogP contribution is 2.44. The molecule has 2 aromatic carbocycles. The molecule has 2 atom stereocenters. The molecule has 4 nitrogen and oxygen atoms in total. The average molecular weight is 463 g/mol. The fraction of sp³-hybridized carbons (Fsp3) is 0.381. The summed E-state index contributed by atoms with van der Waals surface area (Å²) in [6.45, 7) is 5.94. The molecule has 0 fully saturated rings. The van der Waals surface area contributed by atoms with Gasteiger partial charge in [-0.3, -0.25) is 4.79 Å². The lowest BCUT2D eigenvalue weighted by atomic mass is 9.87. The smallest absolute Gasteiger partial charge is 0.426 e. The predicted molar refractivity (Wildman–Crippen MR) is 107 cm³/mol. The molecule has 1 aliphatic rings. The zero-order valence-electron chi connectivity index (χ0n) is 16.3. The molecule has 9 heteroatoms. The van der Waals surface area contributed by atoms with Gasteiger partial charge in [0.15, 0.2) is 0 Å². The first-order valence-electron chi connectivity index (χ1n) is 9.04. The SMILES string of the molecule is CC(C)(C)c1cc(Oc2cc3c(cc2Cl)CC(C(=O)O)C(C(F)(F)F)O3)ccc1Cl. The molecule has 0 radical (unpaired) electrons. The van der Waals surface area contributed by atoms with E-state index >= 15 is 0 Å². The standard InChI is InChI=1S/C21H19Cl2F3O4/c1-20(2,3)13-8-11(4-5-14(13)22)29-17-9-16-10(7-15(17)23)6-12(19(27)28)18(30-16)21(24,25)26/h4-5,7-9,12,18H,6H2,1-3H3,(H,27,28). The third-order valence-corrected chi connectivity index (χ3v) is 5.41. The van der Waals surface area contributed by atoms with E-state index < -0.39 is 24.2 Å². The van der Waals surface area contributed by atoms with Crippen molar-refractivity contribution in [3.05, 3.63) is 51.5 Å². The van der Waals surface area contributed by atoms with Crippen molar-refractivity contribution in [2.75, 3.05) is 0 Å². The molecule has 3 rings (SSSR count). The van der Waals surface area contributed by atoms with Crippen molar-refractivity contribution in [3.8, 4) is 17.2 Å². The van der Waals surface area contributed by atoms with Crippen LogP contribution in [0.25, 0.3) is 0 Å². The first-order chi connectivity index (χ1) is 13.8. The van der Waals surface area contributed by atoms with Gasteiger partial charge in [0.05, 0.1) is 5.02 Å². The Morgan fingerprint density at radius 2 is 1.80 bits per heavy atom. The molecule has 2 aromatic rings. The van der Waals surface area contributed by atoms with Crippen molar-refractivity contribution in [3.63, 3.8) is 0 Å². The number of carboxylic acids is 1. The number of fused-ring (bicyclic) bond motifs is 1. The van der Waals surface area contributed by atoms with Crippen molar-refractivity contribution in [1.29, 1.82) is 0 Å². The molecule has 1 heterocycles. The summed E-state index contributed by atoms with van der Waals surface area (Å²) in [5.41, 5.74) is 0.838. The van der Waals surface area contributed by atoms with Crippen LogP contribution in [0.1, 0.15) is 31.9 Å². The van der Waals surface area contributed by atoms with E-state index in [-0.39, 0.29) is 33.9 Å². The minimum Gasteiger partial charge on any atom is -0.481 e. The number of hydrogen-bond donors (Lipinski definition) is 1. The second kappa shape index (κ2) is 7.85. The van der Waals surface area contributed by atoms with Crippen LogP contribution < -0.4 is 9.47 Å². The minimum atomic E-state index is -4.83. The average Bonchev–Trinajstić information content (AvgIpc) is 2.61. The van der Waals surface area contributed by atoms with Gasteiger partial charge in [0, 0.05) is 11.1 Å². The van der Waals surface area contributed by atoms with Gasteiger partial charge in [-0.05, 0) is 47.2 Å². The summed E-state index contributed by atoms with van der Waals surface area (Å²) in [6, 6.07) is 7.64. The highest BCUT2D eigenvalue weighted by atomic mass is 35.5. The maximum absolute atomic E-state index is 13.3. The lowest BCUT2D eigenvalue weighted by Crippen LogP contribution is -2.47. The Labute approximate surface area is 181 Å². The largest absolute Gasteiger partial charge is 0.481 e. The Morgan fingerprint density at radius 1 is 1.13 bits per heavy atom. The molecule has 0 saturated carbocycles. The van der Waals surface area contributed by atoms with E-state index in [2.05, 4.69) is 0 Å². The normalized spacial score (nSPS) is 19.1. The first-order valence-corrected chi connectivity index (χ1v) is 9.79. The van der Waals surface area contributed by atoms with Gasteiger partial charge in [0.2, 0.25) is 6.10 Å². The van der Waals surface area contributed by atoms with Crippen LogP contribution in [0.3, 0.4) is 0 Å². The Bertz CT molecular complexity index is 983. The maximum atomic E-state index is 13.3. The molecular weight excluding hydrogens is 444 g/mol. The molecule has 0 saturated heterocycles. The highest BCUT2D eigenvalue weighted by molar-refractivity contribution is 6.32. The molecule has 0 aromatic heterocycles. The summed E-state index contributed by atoms with van der Waals surface area (Å²) in [5.74, 6) is -2.97. The van der Waals surface area contributed by atoms with Crippen LogP contribution in [0.5, 0.6) is 17.2 Å². The molecule has 30 heavy (non-hydrogen) atoms. The zero-order chi connectivity index (χ0) is 22.4. The number of alkyl halides is 3. The van der Waals surface area contributed by atoms with Crippen LogP contribution in [0.15, 0.2) is 30.3 Å². The maximum Gasteiger partial charge on any atom is 0.426 e. The van der Waals surface area contributed by atoms with Crippen LogP contribution in [0.2, 0.25) is 10.0 Å². The monoisotopic (exact) mass is 462 g/mol.